The van der Waals surface area contributed by atoms with Crippen molar-refractivity contribution in [3.8, 4) is 0 Å². The largest absolute Gasteiger partial charge is 0.310 e. The second-order valence-corrected chi connectivity index (χ2v) is 1.09. The summed E-state index contributed by atoms with van der Waals surface area (Å²) in [6.45, 7) is 3.82. The molecule has 0 unspecified atom stereocenters. The van der Waals surface area contributed by atoms with Gasteiger partial charge >= 0.3 is 0 Å². The van der Waals surface area contributed by atoms with E-state index in [2.05, 4.69) is 5.40 Å². The Labute approximate surface area is 34.0 Å². The molecule has 0 aliphatic rings. The summed E-state index contributed by atoms with van der Waals surface area (Å²) >= 11 is 0. The SMILES string of the molecule is [2H]N=C(C)CC. The van der Waals surface area contributed by atoms with Crippen LogP contribution in [0.4, 0.5) is 0 Å². The molecule has 0 aliphatic carbocycles. The number of rotatable bonds is 1. The third kappa shape index (κ3) is 3.67. The van der Waals surface area contributed by atoms with Crippen molar-refractivity contribution < 1.29 is 1.41 Å². The van der Waals surface area contributed by atoms with Gasteiger partial charge in [0.2, 0.25) is 0 Å². The van der Waals surface area contributed by atoms with Crippen molar-refractivity contribution in [1.29, 1.82) is 5.40 Å². The van der Waals surface area contributed by atoms with Gasteiger partial charge in [-0.1, -0.05) is 6.92 Å². The minimum atomic E-state index is 0.884. The van der Waals surface area contributed by atoms with Gasteiger partial charge in [-0.25, -0.2) is 0 Å². The highest BCUT2D eigenvalue weighted by Crippen LogP contribution is 1.72. The summed E-state index contributed by atoms with van der Waals surface area (Å²) in [5.41, 5.74) is 0.884. The van der Waals surface area contributed by atoms with Crippen LogP contribution in [-0.2, 0) is 0 Å². The van der Waals surface area contributed by atoms with Crippen LogP contribution in [0.5, 0.6) is 0 Å². The number of nitrogens with one attached hydrogen (secondary N) is 1. The van der Waals surface area contributed by atoms with Gasteiger partial charge in [-0.3, -0.25) is 0 Å². The molecule has 0 saturated carbocycles. The highest BCUT2D eigenvalue weighted by atomic mass is 14.4. The highest BCUT2D eigenvalue weighted by molar-refractivity contribution is 5.77. The first-order valence-corrected chi connectivity index (χ1v) is 1.78. The van der Waals surface area contributed by atoms with Crippen LogP contribution < -0.4 is 0 Å². The standard InChI is InChI=1S/C4H9N/c1-3-4(2)5/h5H,3H2,1-2H3/i/hD. The van der Waals surface area contributed by atoms with E-state index in [1.54, 1.807) is 0 Å². The van der Waals surface area contributed by atoms with Crippen LogP contribution in [0.25, 0.3) is 0 Å². The number of hydrogen-bond donors (Lipinski definition) is 1. The van der Waals surface area contributed by atoms with Gasteiger partial charge in [0.25, 0.3) is 0 Å². The van der Waals surface area contributed by atoms with Gasteiger partial charge in [0.15, 0.2) is 1.41 Å². The van der Waals surface area contributed by atoms with Crippen molar-refractivity contribution >= 4 is 5.71 Å². The summed E-state index contributed by atoms with van der Waals surface area (Å²) in [6, 6.07) is 0. The van der Waals surface area contributed by atoms with Crippen molar-refractivity contribution in [2.75, 3.05) is 0 Å². The lowest BCUT2D eigenvalue weighted by atomic mass is 10.3. The van der Waals surface area contributed by atoms with Gasteiger partial charge in [0, 0.05) is 5.71 Å². The lowest BCUT2D eigenvalue weighted by molar-refractivity contribution is 1.23. The lowest BCUT2D eigenvalue weighted by Crippen LogP contribution is -1.78. The molecule has 1 nitrogen and oxygen atoms in total. The van der Waals surface area contributed by atoms with Gasteiger partial charge in [-0.15, -0.1) is 0 Å². The summed E-state index contributed by atoms with van der Waals surface area (Å²) in [7, 11) is 0. The molecule has 0 atom stereocenters. The fraction of sp³-hybridized carbons (Fsp3) is 0.750. The van der Waals surface area contributed by atoms with Gasteiger partial charge in [0.1, 0.15) is 0 Å². The first-order chi connectivity index (χ1) is 2.81. The maximum atomic E-state index is 6.40. The minimum absolute atomic E-state index is 0.884. The Kier molecular flexibility index (Phi) is 1.12. The molecule has 0 saturated heterocycles. The summed E-state index contributed by atoms with van der Waals surface area (Å²) in [6.07, 6.45) is 0.892. The molecule has 0 rings (SSSR count). The van der Waals surface area contributed by atoms with E-state index in [4.69, 9.17) is 1.41 Å². The molecular weight excluding hydrogens is 62.1 g/mol. The van der Waals surface area contributed by atoms with Crippen molar-refractivity contribution in [3.63, 3.8) is 0 Å². The van der Waals surface area contributed by atoms with Crippen LogP contribution in [0, 0.1) is 5.40 Å². The van der Waals surface area contributed by atoms with Crippen LogP contribution in [0.3, 0.4) is 0 Å². The zero-order chi connectivity index (χ0) is 4.99. The Morgan fingerprint density at radius 1 is 2.20 bits per heavy atom. The Bertz CT molecular complexity index is 58.6. The summed E-state index contributed by atoms with van der Waals surface area (Å²) in [5, 5.41) is 3.17. The van der Waals surface area contributed by atoms with Crippen molar-refractivity contribution in [1.82, 2.24) is 0 Å². The Morgan fingerprint density at radius 2 is 2.80 bits per heavy atom. The van der Waals surface area contributed by atoms with Crippen molar-refractivity contribution in [2.24, 2.45) is 0 Å². The van der Waals surface area contributed by atoms with E-state index in [-0.39, 0.29) is 0 Å². The van der Waals surface area contributed by atoms with Gasteiger partial charge in [-0.05, 0) is 13.3 Å². The third-order valence-corrected chi connectivity index (χ3v) is 0.512. The first-order valence-electron chi connectivity index (χ1n) is 2.23. The van der Waals surface area contributed by atoms with Crippen molar-refractivity contribution in [2.45, 2.75) is 20.3 Å². The molecule has 0 bridgehead atoms. The van der Waals surface area contributed by atoms with Gasteiger partial charge in [0.05, 0.1) is 0 Å². The molecule has 0 aromatic carbocycles. The molecule has 5 heavy (non-hydrogen) atoms. The maximum absolute atomic E-state index is 6.40. The molecule has 0 spiro atoms. The van der Waals surface area contributed by atoms with E-state index in [9.17, 15) is 0 Å². The quantitative estimate of drug-likeness (QED) is 0.453. The monoisotopic (exact) mass is 72.1 g/mol. The summed E-state index contributed by atoms with van der Waals surface area (Å²) in [5.74, 6) is 0. The average Bonchev–Trinajstić information content (AvgIpc) is 1.65. The van der Waals surface area contributed by atoms with Crippen LogP contribution in [0.1, 0.15) is 20.3 Å². The summed E-state index contributed by atoms with van der Waals surface area (Å²) < 4.78 is 6.40. The van der Waals surface area contributed by atoms with Gasteiger partial charge in [-0.2, -0.15) is 0 Å². The van der Waals surface area contributed by atoms with Crippen LogP contribution >= 0.6 is 0 Å². The fourth-order valence-electron chi connectivity index (χ4n) is 0. The van der Waals surface area contributed by atoms with E-state index >= 15 is 0 Å². The predicted octanol–water partition coefficient (Wildman–Crippen LogP) is 1.44. The molecule has 0 heterocycles. The lowest BCUT2D eigenvalue weighted by Gasteiger charge is -1.77. The van der Waals surface area contributed by atoms with Crippen LogP contribution in [0.15, 0.2) is 0 Å². The fourth-order valence-corrected chi connectivity index (χ4v) is 0. The molecule has 0 fully saturated rings. The van der Waals surface area contributed by atoms with E-state index in [1.165, 1.54) is 0 Å². The Hall–Kier alpha value is -0.330. The number of hydrogen-bond acceptors (Lipinski definition) is 1. The normalized spacial score (nSPS) is 14.8. The maximum Gasteiger partial charge on any atom is 0.187 e. The zero-order valence-corrected chi connectivity index (χ0v) is 3.65. The second kappa shape index (κ2) is 1.94. The molecule has 30 valence electrons. The van der Waals surface area contributed by atoms with E-state index in [1.807, 2.05) is 13.8 Å². The van der Waals surface area contributed by atoms with Crippen LogP contribution in [0.2, 0.25) is 1.41 Å². The summed E-state index contributed by atoms with van der Waals surface area (Å²) in [4.78, 5) is 0. The molecule has 0 aromatic heterocycles. The predicted molar refractivity (Wildman–Crippen MR) is 23.7 cm³/mol. The molecule has 1 N–H and O–H groups in total. The molecular formula is C4H9N. The molecule has 0 aliphatic heterocycles. The Balaban J connectivity index is 3.22. The first kappa shape index (κ1) is 2.88. The highest BCUT2D eigenvalue weighted by Gasteiger charge is 1.70. The average molecular weight is 72.1 g/mol. The van der Waals surface area contributed by atoms with Gasteiger partial charge < -0.3 is 5.40 Å². The van der Waals surface area contributed by atoms with E-state index in [0.717, 1.165) is 12.1 Å². The molecule has 1 heteroatoms. The third-order valence-electron chi connectivity index (χ3n) is 0.512. The van der Waals surface area contributed by atoms with Crippen LogP contribution in [-0.4, -0.2) is 5.71 Å². The van der Waals surface area contributed by atoms with E-state index < -0.39 is 0 Å². The molecule has 0 radical (unpaired) electrons. The minimum Gasteiger partial charge on any atom is -0.310 e. The zero-order valence-electron chi connectivity index (χ0n) is 4.65. The smallest absolute Gasteiger partial charge is 0.187 e. The van der Waals surface area contributed by atoms with Crippen molar-refractivity contribution in [3.05, 3.63) is 0 Å². The second-order valence-electron chi connectivity index (χ2n) is 1.09. The topological polar surface area (TPSA) is 23.9 Å². The Morgan fingerprint density at radius 3 is 2.80 bits per heavy atom. The molecule has 0 aromatic rings. The van der Waals surface area contributed by atoms with E-state index in [0.29, 0.717) is 0 Å². The molecule has 0 amide bonds.